The number of aliphatic hydroxyl groups excluding tert-OH is 1. The van der Waals surface area contributed by atoms with Crippen LogP contribution in [0.4, 0.5) is 4.79 Å². The molecular weight excluding hydrogens is 314 g/mol. The normalized spacial score (nSPS) is 12.2. The van der Waals surface area contributed by atoms with Crippen molar-refractivity contribution in [1.29, 1.82) is 0 Å². The van der Waals surface area contributed by atoms with E-state index in [2.05, 4.69) is 10.6 Å². The SMILES string of the molecule is O=C(NCCn1c(=O)oc2ccccc21)NCC(O)c1ccco1. The van der Waals surface area contributed by atoms with Gasteiger partial charge in [0.25, 0.3) is 0 Å². The summed E-state index contributed by atoms with van der Waals surface area (Å²) in [5.74, 6) is -0.0848. The summed E-state index contributed by atoms with van der Waals surface area (Å²) in [6.07, 6.45) is 0.539. The first-order chi connectivity index (χ1) is 11.6. The molecule has 1 atom stereocenters. The second-order valence-electron chi connectivity index (χ2n) is 5.16. The fourth-order valence-corrected chi connectivity index (χ4v) is 2.34. The maximum Gasteiger partial charge on any atom is 0.420 e. The zero-order valence-corrected chi connectivity index (χ0v) is 12.8. The lowest BCUT2D eigenvalue weighted by Gasteiger charge is -2.10. The molecule has 8 nitrogen and oxygen atoms in total. The molecule has 8 heteroatoms. The lowest BCUT2D eigenvalue weighted by molar-refractivity contribution is 0.148. The number of para-hydroxylation sites is 2. The number of hydrogen-bond acceptors (Lipinski definition) is 5. The fourth-order valence-electron chi connectivity index (χ4n) is 2.34. The summed E-state index contributed by atoms with van der Waals surface area (Å²) in [7, 11) is 0. The van der Waals surface area contributed by atoms with Gasteiger partial charge in [-0.15, -0.1) is 0 Å². The Morgan fingerprint density at radius 3 is 2.83 bits per heavy atom. The van der Waals surface area contributed by atoms with Crippen molar-refractivity contribution in [3.8, 4) is 0 Å². The van der Waals surface area contributed by atoms with Gasteiger partial charge < -0.3 is 24.6 Å². The Morgan fingerprint density at radius 2 is 2.04 bits per heavy atom. The molecule has 24 heavy (non-hydrogen) atoms. The van der Waals surface area contributed by atoms with Gasteiger partial charge in [-0.3, -0.25) is 4.57 Å². The molecule has 0 spiro atoms. The van der Waals surface area contributed by atoms with Crippen molar-refractivity contribution < 1.29 is 18.7 Å². The molecule has 0 saturated carbocycles. The predicted octanol–water partition coefficient (Wildman–Crippen LogP) is 1.22. The molecule has 3 aromatic rings. The monoisotopic (exact) mass is 331 g/mol. The first-order valence-corrected chi connectivity index (χ1v) is 7.46. The molecule has 2 amide bonds. The molecule has 1 aromatic carbocycles. The number of amides is 2. The molecule has 2 aromatic heterocycles. The average Bonchev–Trinajstić information content (AvgIpc) is 3.21. The van der Waals surface area contributed by atoms with Crippen molar-refractivity contribution in [1.82, 2.24) is 15.2 Å². The van der Waals surface area contributed by atoms with Crippen LogP contribution in [0.2, 0.25) is 0 Å². The number of carbonyl (C=O) groups excluding carboxylic acids is 1. The third kappa shape index (κ3) is 3.49. The van der Waals surface area contributed by atoms with Gasteiger partial charge in [-0.25, -0.2) is 9.59 Å². The first-order valence-electron chi connectivity index (χ1n) is 7.46. The molecule has 0 aliphatic rings. The summed E-state index contributed by atoms with van der Waals surface area (Å²) in [6.45, 7) is 0.546. The van der Waals surface area contributed by atoms with E-state index >= 15 is 0 Å². The van der Waals surface area contributed by atoms with Gasteiger partial charge in [-0.05, 0) is 24.3 Å². The summed E-state index contributed by atoms with van der Waals surface area (Å²) in [5.41, 5.74) is 1.19. The quantitative estimate of drug-likeness (QED) is 0.629. The first kappa shape index (κ1) is 15.9. The molecule has 2 heterocycles. The van der Waals surface area contributed by atoms with Gasteiger partial charge in [0.05, 0.1) is 18.3 Å². The standard InChI is InChI=1S/C16H17N3O5/c20-12(14-6-3-9-23-14)10-18-15(21)17-7-8-19-11-4-1-2-5-13(11)24-16(19)22/h1-6,9,12,20H,7-8,10H2,(H2,17,18,21). The van der Waals surface area contributed by atoms with Gasteiger partial charge in [-0.1, -0.05) is 12.1 Å². The smallest absolute Gasteiger partial charge is 0.420 e. The highest BCUT2D eigenvalue weighted by molar-refractivity contribution is 5.74. The third-order valence-electron chi connectivity index (χ3n) is 3.52. The molecule has 1 unspecified atom stereocenters. The Morgan fingerprint density at radius 1 is 1.21 bits per heavy atom. The van der Waals surface area contributed by atoms with Crippen molar-refractivity contribution in [2.75, 3.05) is 13.1 Å². The van der Waals surface area contributed by atoms with Gasteiger partial charge in [-0.2, -0.15) is 0 Å². The molecule has 3 N–H and O–H groups in total. The van der Waals surface area contributed by atoms with Crippen LogP contribution in [0.3, 0.4) is 0 Å². The molecule has 3 rings (SSSR count). The molecular formula is C16H17N3O5. The summed E-state index contributed by atoms with van der Waals surface area (Å²) >= 11 is 0. The zero-order chi connectivity index (χ0) is 16.9. The van der Waals surface area contributed by atoms with E-state index in [1.165, 1.54) is 10.8 Å². The number of urea groups is 1. The van der Waals surface area contributed by atoms with Crippen molar-refractivity contribution in [2.45, 2.75) is 12.6 Å². The van der Waals surface area contributed by atoms with Crippen molar-refractivity contribution in [3.05, 3.63) is 59.0 Å². The number of rotatable bonds is 6. The fraction of sp³-hybridized carbons (Fsp3) is 0.250. The number of nitrogens with one attached hydrogen (secondary N) is 2. The van der Waals surface area contributed by atoms with E-state index in [1.54, 1.807) is 30.3 Å². The summed E-state index contributed by atoms with van der Waals surface area (Å²) in [5, 5.41) is 14.9. The minimum Gasteiger partial charge on any atom is -0.467 e. The molecule has 0 radical (unpaired) electrons. The second-order valence-corrected chi connectivity index (χ2v) is 5.16. The van der Waals surface area contributed by atoms with Crippen molar-refractivity contribution >= 4 is 17.1 Å². The number of furan rings is 1. The molecule has 0 aliphatic carbocycles. The Hall–Kier alpha value is -3.00. The van der Waals surface area contributed by atoms with E-state index < -0.39 is 17.9 Å². The number of fused-ring (bicyclic) bond motifs is 1. The number of nitrogens with zero attached hydrogens (tertiary/aromatic N) is 1. The van der Waals surface area contributed by atoms with Gasteiger partial charge >= 0.3 is 11.8 Å². The predicted molar refractivity (Wildman–Crippen MR) is 85.5 cm³/mol. The van der Waals surface area contributed by atoms with E-state index in [1.807, 2.05) is 6.07 Å². The summed E-state index contributed by atoms with van der Waals surface area (Å²) in [4.78, 5) is 23.5. The maximum atomic E-state index is 11.8. The lowest BCUT2D eigenvalue weighted by atomic mass is 10.3. The highest BCUT2D eigenvalue weighted by Crippen LogP contribution is 2.12. The van der Waals surface area contributed by atoms with Crippen LogP contribution >= 0.6 is 0 Å². The van der Waals surface area contributed by atoms with E-state index in [0.717, 1.165) is 0 Å². The number of oxazole rings is 1. The van der Waals surface area contributed by atoms with Crippen LogP contribution in [0.1, 0.15) is 11.9 Å². The number of carbonyl (C=O) groups is 1. The molecule has 0 fully saturated rings. The van der Waals surface area contributed by atoms with E-state index in [-0.39, 0.29) is 19.6 Å². The summed E-state index contributed by atoms with van der Waals surface area (Å²) < 4.78 is 11.6. The van der Waals surface area contributed by atoms with Crippen LogP contribution in [0.25, 0.3) is 11.1 Å². The van der Waals surface area contributed by atoms with Crippen molar-refractivity contribution in [3.63, 3.8) is 0 Å². The minimum atomic E-state index is -0.911. The number of aromatic nitrogens is 1. The van der Waals surface area contributed by atoms with Gasteiger partial charge in [0.2, 0.25) is 0 Å². The third-order valence-corrected chi connectivity index (χ3v) is 3.52. The lowest BCUT2D eigenvalue weighted by Crippen LogP contribution is -2.39. The highest BCUT2D eigenvalue weighted by atomic mass is 16.4. The number of hydrogen-bond donors (Lipinski definition) is 3. The second kappa shape index (κ2) is 7.05. The van der Waals surface area contributed by atoms with Gasteiger partial charge in [0.1, 0.15) is 11.9 Å². The van der Waals surface area contributed by atoms with Gasteiger partial charge in [0.15, 0.2) is 5.58 Å². The van der Waals surface area contributed by atoms with E-state index in [9.17, 15) is 14.7 Å². The van der Waals surface area contributed by atoms with Crippen LogP contribution in [-0.2, 0) is 6.54 Å². The Labute approximate surface area is 136 Å². The van der Waals surface area contributed by atoms with Crippen LogP contribution in [0.15, 0.2) is 56.3 Å². The minimum absolute atomic E-state index is 0.0218. The van der Waals surface area contributed by atoms with Crippen LogP contribution in [-0.4, -0.2) is 28.8 Å². The Kier molecular flexibility index (Phi) is 4.66. The molecule has 0 saturated heterocycles. The van der Waals surface area contributed by atoms with E-state index in [4.69, 9.17) is 8.83 Å². The molecule has 126 valence electrons. The molecule has 0 bridgehead atoms. The largest absolute Gasteiger partial charge is 0.467 e. The Bertz CT molecular complexity index is 865. The van der Waals surface area contributed by atoms with E-state index in [0.29, 0.717) is 16.9 Å². The zero-order valence-electron chi connectivity index (χ0n) is 12.8. The number of aliphatic hydroxyl groups is 1. The number of benzene rings is 1. The topological polar surface area (TPSA) is 110 Å². The van der Waals surface area contributed by atoms with Crippen LogP contribution in [0, 0.1) is 0 Å². The summed E-state index contributed by atoms with van der Waals surface area (Å²) in [6, 6.07) is 9.92. The Balaban J connectivity index is 1.48. The van der Waals surface area contributed by atoms with Crippen LogP contribution in [0.5, 0.6) is 0 Å². The van der Waals surface area contributed by atoms with Gasteiger partial charge in [0, 0.05) is 13.1 Å². The molecule has 0 aliphatic heterocycles. The van der Waals surface area contributed by atoms with Crippen LogP contribution < -0.4 is 16.4 Å². The average molecular weight is 331 g/mol. The van der Waals surface area contributed by atoms with Crippen molar-refractivity contribution in [2.24, 2.45) is 0 Å². The highest BCUT2D eigenvalue weighted by Gasteiger charge is 2.12. The maximum absolute atomic E-state index is 11.8.